The Labute approximate surface area is 128 Å². The minimum atomic E-state index is -0.227. The second-order valence-electron chi connectivity index (χ2n) is 5.20. The first-order valence-electron chi connectivity index (χ1n) is 6.93. The predicted molar refractivity (Wildman–Crippen MR) is 85.4 cm³/mol. The number of hydrogen-bond acceptors (Lipinski definition) is 4. The number of carbonyl (C=O) groups excluding carboxylic acids is 1. The van der Waals surface area contributed by atoms with Gasteiger partial charge in [-0.1, -0.05) is 29.8 Å². The largest absolute Gasteiger partial charge is 0.394 e. The van der Waals surface area contributed by atoms with Crippen LogP contribution in [0.4, 0.5) is 0 Å². The van der Waals surface area contributed by atoms with Gasteiger partial charge in [-0.2, -0.15) is 0 Å². The predicted octanol–water partition coefficient (Wildman–Crippen LogP) is 2.47. The van der Waals surface area contributed by atoms with Gasteiger partial charge in [0.15, 0.2) is 0 Å². The lowest BCUT2D eigenvalue weighted by molar-refractivity contribution is -0.121. The van der Waals surface area contributed by atoms with Gasteiger partial charge in [-0.05, 0) is 20.8 Å². The third kappa shape index (κ3) is 4.12. The lowest BCUT2D eigenvalue weighted by Crippen LogP contribution is -2.35. The van der Waals surface area contributed by atoms with Gasteiger partial charge < -0.3 is 10.4 Å². The van der Waals surface area contributed by atoms with Crippen LogP contribution in [0.1, 0.15) is 22.4 Å². The van der Waals surface area contributed by atoms with Gasteiger partial charge in [0, 0.05) is 16.5 Å². The Morgan fingerprint density at radius 1 is 1.33 bits per heavy atom. The molecule has 1 aromatic heterocycles. The topological polar surface area (TPSA) is 62.2 Å². The molecule has 1 heterocycles. The van der Waals surface area contributed by atoms with Crippen molar-refractivity contribution in [1.29, 1.82) is 0 Å². The molecule has 0 aliphatic heterocycles. The SMILES string of the molecule is Cc1ccc(-c2nc(C)sc2CC(=O)N[C@@H](C)CO)cc1. The van der Waals surface area contributed by atoms with Crippen LogP contribution in [0.3, 0.4) is 0 Å². The zero-order chi connectivity index (χ0) is 15.4. The van der Waals surface area contributed by atoms with Crippen LogP contribution < -0.4 is 5.32 Å². The molecule has 5 heteroatoms. The number of thiazole rings is 1. The monoisotopic (exact) mass is 304 g/mol. The first kappa shape index (κ1) is 15.7. The Hall–Kier alpha value is -1.72. The maximum atomic E-state index is 12.0. The van der Waals surface area contributed by atoms with Crippen molar-refractivity contribution in [2.75, 3.05) is 6.61 Å². The number of aliphatic hydroxyl groups is 1. The first-order chi connectivity index (χ1) is 9.99. The highest BCUT2D eigenvalue weighted by molar-refractivity contribution is 7.12. The van der Waals surface area contributed by atoms with E-state index in [1.807, 2.05) is 38.1 Å². The van der Waals surface area contributed by atoms with E-state index in [2.05, 4.69) is 10.3 Å². The smallest absolute Gasteiger partial charge is 0.225 e. The fourth-order valence-electron chi connectivity index (χ4n) is 2.04. The molecule has 2 aromatic rings. The summed E-state index contributed by atoms with van der Waals surface area (Å²) in [6, 6.07) is 7.92. The van der Waals surface area contributed by atoms with Gasteiger partial charge in [0.1, 0.15) is 0 Å². The molecule has 0 saturated heterocycles. The molecule has 0 unspecified atom stereocenters. The summed E-state index contributed by atoms with van der Waals surface area (Å²) in [5.41, 5.74) is 3.11. The molecular weight excluding hydrogens is 284 g/mol. The first-order valence-corrected chi connectivity index (χ1v) is 7.75. The summed E-state index contributed by atoms with van der Waals surface area (Å²) in [7, 11) is 0. The number of aryl methyl sites for hydroxylation is 2. The summed E-state index contributed by atoms with van der Waals surface area (Å²) >= 11 is 1.54. The van der Waals surface area contributed by atoms with E-state index in [9.17, 15) is 4.79 Å². The van der Waals surface area contributed by atoms with Crippen molar-refractivity contribution in [3.63, 3.8) is 0 Å². The van der Waals surface area contributed by atoms with Crippen LogP contribution in [0.2, 0.25) is 0 Å². The van der Waals surface area contributed by atoms with Crippen molar-refractivity contribution in [1.82, 2.24) is 10.3 Å². The molecule has 112 valence electrons. The minimum Gasteiger partial charge on any atom is -0.394 e. The van der Waals surface area contributed by atoms with E-state index in [0.717, 1.165) is 21.1 Å². The van der Waals surface area contributed by atoms with Crippen molar-refractivity contribution < 1.29 is 9.90 Å². The number of nitrogens with one attached hydrogen (secondary N) is 1. The Morgan fingerprint density at radius 3 is 2.62 bits per heavy atom. The maximum Gasteiger partial charge on any atom is 0.225 e. The van der Waals surface area contributed by atoms with Crippen LogP contribution in [0.25, 0.3) is 11.3 Å². The van der Waals surface area contributed by atoms with E-state index in [0.29, 0.717) is 6.42 Å². The summed E-state index contributed by atoms with van der Waals surface area (Å²) in [5.74, 6) is -0.0893. The Balaban J connectivity index is 2.21. The second kappa shape index (κ2) is 6.83. The molecule has 0 aliphatic carbocycles. The minimum absolute atomic E-state index is 0.0573. The normalized spacial score (nSPS) is 12.2. The van der Waals surface area contributed by atoms with Gasteiger partial charge in [-0.25, -0.2) is 4.98 Å². The Bertz CT molecular complexity index is 620. The maximum absolute atomic E-state index is 12.0. The Kier molecular flexibility index (Phi) is 5.09. The lowest BCUT2D eigenvalue weighted by Gasteiger charge is -2.10. The third-order valence-corrected chi connectivity index (χ3v) is 4.10. The van der Waals surface area contributed by atoms with Crippen LogP contribution in [0.5, 0.6) is 0 Å². The summed E-state index contributed by atoms with van der Waals surface area (Å²) in [6.07, 6.45) is 0.291. The van der Waals surface area contributed by atoms with Crippen LogP contribution in [0.15, 0.2) is 24.3 Å². The van der Waals surface area contributed by atoms with Gasteiger partial charge in [0.25, 0.3) is 0 Å². The third-order valence-electron chi connectivity index (χ3n) is 3.13. The van der Waals surface area contributed by atoms with E-state index in [1.54, 1.807) is 18.3 Å². The van der Waals surface area contributed by atoms with Crippen molar-refractivity contribution in [3.05, 3.63) is 39.7 Å². The molecule has 4 nitrogen and oxygen atoms in total. The lowest BCUT2D eigenvalue weighted by atomic mass is 10.1. The van der Waals surface area contributed by atoms with Gasteiger partial charge in [0.2, 0.25) is 5.91 Å². The summed E-state index contributed by atoms with van der Waals surface area (Å²) in [5, 5.41) is 12.7. The summed E-state index contributed by atoms with van der Waals surface area (Å²) in [6.45, 7) is 5.70. The molecule has 0 saturated carbocycles. The molecule has 1 aromatic carbocycles. The molecule has 21 heavy (non-hydrogen) atoms. The van der Waals surface area contributed by atoms with Gasteiger partial charge >= 0.3 is 0 Å². The second-order valence-corrected chi connectivity index (χ2v) is 6.49. The molecule has 1 atom stereocenters. The zero-order valence-electron chi connectivity index (χ0n) is 12.5. The fraction of sp³-hybridized carbons (Fsp3) is 0.375. The number of aliphatic hydroxyl groups excluding tert-OH is 1. The molecule has 0 bridgehead atoms. The van der Waals surface area contributed by atoms with Gasteiger partial charge in [-0.3, -0.25) is 4.79 Å². The number of rotatable bonds is 5. The number of aromatic nitrogens is 1. The van der Waals surface area contributed by atoms with Crippen LogP contribution in [-0.2, 0) is 11.2 Å². The Morgan fingerprint density at radius 2 is 2.00 bits per heavy atom. The van der Waals surface area contributed by atoms with Crippen LogP contribution in [-0.4, -0.2) is 28.6 Å². The van der Waals surface area contributed by atoms with Crippen LogP contribution in [0, 0.1) is 13.8 Å². The van der Waals surface area contributed by atoms with Crippen molar-refractivity contribution >= 4 is 17.2 Å². The van der Waals surface area contributed by atoms with Gasteiger partial charge in [0.05, 0.1) is 23.7 Å². The number of benzene rings is 1. The van der Waals surface area contributed by atoms with Crippen LogP contribution >= 0.6 is 11.3 Å². The van der Waals surface area contributed by atoms with Crippen molar-refractivity contribution in [3.8, 4) is 11.3 Å². The molecular formula is C16H20N2O2S. The number of amides is 1. The molecule has 0 aliphatic rings. The quantitative estimate of drug-likeness (QED) is 0.892. The number of carbonyl (C=O) groups is 1. The number of hydrogen-bond donors (Lipinski definition) is 2. The van der Waals surface area contributed by atoms with E-state index in [-0.39, 0.29) is 18.6 Å². The van der Waals surface area contributed by atoms with E-state index in [1.165, 1.54) is 5.56 Å². The van der Waals surface area contributed by atoms with E-state index in [4.69, 9.17) is 5.11 Å². The highest BCUT2D eigenvalue weighted by atomic mass is 32.1. The molecule has 0 fully saturated rings. The molecule has 1 amide bonds. The summed E-state index contributed by atoms with van der Waals surface area (Å²) < 4.78 is 0. The molecule has 2 N–H and O–H groups in total. The zero-order valence-corrected chi connectivity index (χ0v) is 13.3. The van der Waals surface area contributed by atoms with Crippen molar-refractivity contribution in [2.24, 2.45) is 0 Å². The molecule has 2 rings (SSSR count). The number of nitrogens with zero attached hydrogens (tertiary/aromatic N) is 1. The van der Waals surface area contributed by atoms with Gasteiger partial charge in [-0.15, -0.1) is 11.3 Å². The highest BCUT2D eigenvalue weighted by Crippen LogP contribution is 2.28. The standard InChI is InChI=1S/C16H20N2O2S/c1-10-4-6-13(7-5-10)16-14(21-12(3)18-16)8-15(20)17-11(2)9-19/h4-7,11,19H,8-9H2,1-3H3,(H,17,20)/t11-/m0/s1. The van der Waals surface area contributed by atoms with Crippen molar-refractivity contribution in [2.45, 2.75) is 33.2 Å². The fourth-order valence-corrected chi connectivity index (χ4v) is 3.00. The average Bonchev–Trinajstić information content (AvgIpc) is 2.80. The molecule has 0 spiro atoms. The van der Waals surface area contributed by atoms with E-state index < -0.39 is 0 Å². The highest BCUT2D eigenvalue weighted by Gasteiger charge is 2.15. The summed E-state index contributed by atoms with van der Waals surface area (Å²) in [4.78, 5) is 17.5. The molecule has 0 radical (unpaired) electrons. The van der Waals surface area contributed by atoms with E-state index >= 15 is 0 Å². The average molecular weight is 304 g/mol.